The van der Waals surface area contributed by atoms with Crippen molar-refractivity contribution in [2.75, 3.05) is 18.4 Å². The Morgan fingerprint density at radius 1 is 1.14 bits per heavy atom. The van der Waals surface area contributed by atoms with Crippen LogP contribution in [0.4, 0.5) is 11.4 Å². The van der Waals surface area contributed by atoms with Crippen LogP contribution in [0.3, 0.4) is 0 Å². The lowest BCUT2D eigenvalue weighted by Crippen LogP contribution is -2.28. The number of carbonyl (C=O) groups is 1. The van der Waals surface area contributed by atoms with E-state index in [0.29, 0.717) is 16.2 Å². The average Bonchev–Trinajstić information content (AvgIpc) is 3.19. The summed E-state index contributed by atoms with van der Waals surface area (Å²) in [4.78, 5) is 24.0. The normalized spacial score (nSPS) is 13.5. The summed E-state index contributed by atoms with van der Waals surface area (Å²) in [7, 11) is 0. The molecule has 0 radical (unpaired) electrons. The van der Waals surface area contributed by atoms with E-state index in [0.717, 1.165) is 53.9 Å². The molecule has 28 heavy (non-hydrogen) atoms. The molecule has 4 rings (SSSR count). The predicted octanol–water partition coefficient (Wildman–Crippen LogP) is 5.30. The summed E-state index contributed by atoms with van der Waals surface area (Å²) in [5.74, 6) is 0.00431. The van der Waals surface area contributed by atoms with Crippen molar-refractivity contribution in [2.24, 2.45) is 0 Å². The number of likely N-dealkylation sites (tertiary alicyclic amines) is 1. The molecule has 5 nitrogen and oxygen atoms in total. The van der Waals surface area contributed by atoms with Crippen LogP contribution < -0.4 is 5.32 Å². The van der Waals surface area contributed by atoms with E-state index >= 15 is 0 Å². The Morgan fingerprint density at radius 3 is 2.64 bits per heavy atom. The molecule has 1 aliphatic heterocycles. The Bertz CT molecular complexity index is 1030. The molecule has 1 N–H and O–H groups in total. The molecular formula is C21H22Cl2N4O. The van der Waals surface area contributed by atoms with Crippen LogP contribution in [-0.2, 0) is 0 Å². The van der Waals surface area contributed by atoms with Crippen molar-refractivity contribution in [3.05, 3.63) is 58.4 Å². The molecule has 0 unspecified atom stereocenters. The molecule has 2 aromatic heterocycles. The molecule has 1 aliphatic rings. The number of rotatable bonds is 3. The molecule has 3 aromatic rings. The van der Waals surface area contributed by atoms with Crippen LogP contribution in [-0.4, -0.2) is 33.9 Å². The van der Waals surface area contributed by atoms with E-state index in [2.05, 4.69) is 15.3 Å². The fraction of sp³-hybridized carbons (Fsp3) is 0.286. The summed E-state index contributed by atoms with van der Waals surface area (Å²) >= 11 is 6.29. The van der Waals surface area contributed by atoms with Gasteiger partial charge in [0.1, 0.15) is 0 Å². The number of nitrogens with zero attached hydrogens (tertiary/aromatic N) is 3. The molecule has 1 amide bonds. The maximum Gasteiger partial charge on any atom is 0.257 e. The van der Waals surface area contributed by atoms with Crippen LogP contribution in [0, 0.1) is 13.8 Å². The summed E-state index contributed by atoms with van der Waals surface area (Å²) < 4.78 is 0. The van der Waals surface area contributed by atoms with Gasteiger partial charge in [-0.25, -0.2) is 9.97 Å². The van der Waals surface area contributed by atoms with Crippen LogP contribution in [0.15, 0.2) is 36.5 Å². The number of benzene rings is 1. The molecule has 0 atom stereocenters. The molecule has 0 spiro atoms. The summed E-state index contributed by atoms with van der Waals surface area (Å²) in [5.41, 5.74) is 4.60. The van der Waals surface area contributed by atoms with Gasteiger partial charge in [0, 0.05) is 41.1 Å². The molecule has 7 heteroatoms. The highest BCUT2D eigenvalue weighted by Crippen LogP contribution is 2.33. The van der Waals surface area contributed by atoms with Gasteiger partial charge >= 0.3 is 0 Å². The number of amides is 1. The number of aromatic nitrogens is 2. The lowest BCUT2D eigenvalue weighted by Gasteiger charge is -2.20. The maximum absolute atomic E-state index is 13.1. The van der Waals surface area contributed by atoms with E-state index in [-0.39, 0.29) is 18.3 Å². The molecule has 1 aromatic carbocycles. The zero-order chi connectivity index (χ0) is 19.0. The first kappa shape index (κ1) is 20.4. The number of carbonyl (C=O) groups excluding carboxylic acids is 1. The van der Waals surface area contributed by atoms with Gasteiger partial charge in [0.05, 0.1) is 11.3 Å². The lowest BCUT2D eigenvalue weighted by atomic mass is 10.1. The first-order valence-corrected chi connectivity index (χ1v) is 9.50. The highest BCUT2D eigenvalue weighted by atomic mass is 35.5. The number of nitrogens with one attached hydrogen (secondary N) is 1. The number of hydrogen-bond acceptors (Lipinski definition) is 4. The number of hydrogen-bond donors (Lipinski definition) is 1. The topological polar surface area (TPSA) is 58.1 Å². The minimum absolute atomic E-state index is 0. The largest absolute Gasteiger partial charge is 0.354 e. The first-order chi connectivity index (χ1) is 13.0. The predicted molar refractivity (Wildman–Crippen MR) is 116 cm³/mol. The van der Waals surface area contributed by atoms with Crippen molar-refractivity contribution in [1.82, 2.24) is 14.9 Å². The van der Waals surface area contributed by atoms with Gasteiger partial charge in [-0.05, 0) is 56.5 Å². The van der Waals surface area contributed by atoms with E-state index in [1.807, 2.05) is 49.1 Å². The fourth-order valence-corrected chi connectivity index (χ4v) is 3.61. The van der Waals surface area contributed by atoms with Gasteiger partial charge < -0.3 is 10.2 Å². The maximum atomic E-state index is 13.1. The van der Waals surface area contributed by atoms with Crippen LogP contribution in [0.25, 0.3) is 11.0 Å². The Kier molecular flexibility index (Phi) is 6.06. The number of anilines is 2. The molecule has 3 heterocycles. The van der Waals surface area contributed by atoms with Gasteiger partial charge in [-0.3, -0.25) is 4.79 Å². The van der Waals surface area contributed by atoms with Crippen LogP contribution in [0.1, 0.15) is 34.5 Å². The number of halogens is 2. The zero-order valence-corrected chi connectivity index (χ0v) is 17.4. The summed E-state index contributed by atoms with van der Waals surface area (Å²) in [6.45, 7) is 5.47. The van der Waals surface area contributed by atoms with E-state index < -0.39 is 0 Å². The highest BCUT2D eigenvalue weighted by Gasteiger charge is 2.24. The smallest absolute Gasteiger partial charge is 0.257 e. The summed E-state index contributed by atoms with van der Waals surface area (Å²) in [6.07, 6.45) is 3.73. The van der Waals surface area contributed by atoms with Gasteiger partial charge in [0.25, 0.3) is 5.91 Å². The monoisotopic (exact) mass is 416 g/mol. The quantitative estimate of drug-likeness (QED) is 0.628. The zero-order valence-electron chi connectivity index (χ0n) is 15.8. The minimum Gasteiger partial charge on any atom is -0.354 e. The lowest BCUT2D eigenvalue weighted by molar-refractivity contribution is 0.0793. The van der Waals surface area contributed by atoms with Gasteiger partial charge in [-0.15, -0.1) is 12.4 Å². The first-order valence-electron chi connectivity index (χ1n) is 9.12. The van der Waals surface area contributed by atoms with Crippen LogP contribution >= 0.6 is 24.0 Å². The third-order valence-corrected chi connectivity index (χ3v) is 5.43. The summed E-state index contributed by atoms with van der Waals surface area (Å²) in [6, 6.07) is 9.61. The Labute approximate surface area is 175 Å². The molecule has 1 saturated heterocycles. The second-order valence-corrected chi connectivity index (χ2v) is 7.31. The number of pyridine rings is 2. The van der Waals surface area contributed by atoms with E-state index in [1.165, 1.54) is 0 Å². The van der Waals surface area contributed by atoms with Crippen molar-refractivity contribution in [3.8, 4) is 0 Å². The van der Waals surface area contributed by atoms with E-state index in [4.69, 9.17) is 11.6 Å². The fourth-order valence-electron chi connectivity index (χ4n) is 3.44. The van der Waals surface area contributed by atoms with Gasteiger partial charge in [-0.2, -0.15) is 0 Å². The standard InChI is InChI=1S/C21H21ClN4O.ClH/c1-13-8-9-15-19(25-18-7-5-6-17(22)14(18)2)16(12-23-20(15)24-13)21(27)26-10-3-4-11-26;/h5-9,12H,3-4,10-11H2,1-2H3,(H,23,24,25);1H. The Balaban J connectivity index is 0.00000225. The number of fused-ring (bicyclic) bond motifs is 1. The number of aryl methyl sites for hydroxylation is 1. The van der Waals surface area contributed by atoms with E-state index in [1.54, 1.807) is 6.20 Å². The summed E-state index contributed by atoms with van der Waals surface area (Å²) in [5, 5.41) is 4.94. The molecule has 0 saturated carbocycles. The van der Waals surface area contributed by atoms with Crippen molar-refractivity contribution >= 4 is 52.3 Å². The molecule has 0 aliphatic carbocycles. The van der Waals surface area contributed by atoms with Gasteiger partial charge in [0.2, 0.25) is 0 Å². The van der Waals surface area contributed by atoms with Crippen molar-refractivity contribution in [3.63, 3.8) is 0 Å². The van der Waals surface area contributed by atoms with Crippen LogP contribution in [0.5, 0.6) is 0 Å². The third-order valence-electron chi connectivity index (χ3n) is 5.02. The van der Waals surface area contributed by atoms with E-state index in [9.17, 15) is 4.79 Å². The van der Waals surface area contributed by atoms with Crippen LogP contribution in [0.2, 0.25) is 5.02 Å². The average molecular weight is 417 g/mol. The Hall–Kier alpha value is -2.37. The molecular weight excluding hydrogens is 395 g/mol. The molecule has 146 valence electrons. The van der Waals surface area contributed by atoms with Crippen molar-refractivity contribution in [1.29, 1.82) is 0 Å². The third kappa shape index (κ3) is 3.77. The highest BCUT2D eigenvalue weighted by molar-refractivity contribution is 6.31. The second-order valence-electron chi connectivity index (χ2n) is 6.91. The molecule has 1 fully saturated rings. The van der Waals surface area contributed by atoms with Gasteiger partial charge in [0.15, 0.2) is 5.65 Å². The Morgan fingerprint density at radius 2 is 1.89 bits per heavy atom. The molecule has 0 bridgehead atoms. The minimum atomic E-state index is 0. The second kappa shape index (κ2) is 8.33. The van der Waals surface area contributed by atoms with Gasteiger partial charge in [-0.1, -0.05) is 17.7 Å². The van der Waals surface area contributed by atoms with Crippen molar-refractivity contribution < 1.29 is 4.79 Å². The van der Waals surface area contributed by atoms with Crippen molar-refractivity contribution in [2.45, 2.75) is 26.7 Å². The SMILES string of the molecule is Cc1ccc2c(Nc3cccc(Cl)c3C)c(C(=O)N3CCCC3)cnc2n1.Cl.